The van der Waals surface area contributed by atoms with E-state index in [4.69, 9.17) is 4.74 Å². The van der Waals surface area contributed by atoms with Gasteiger partial charge in [-0.1, -0.05) is 24.6 Å². The third-order valence-corrected chi connectivity index (χ3v) is 2.42. The van der Waals surface area contributed by atoms with Gasteiger partial charge in [0.15, 0.2) is 0 Å². The number of hydrogen-bond acceptors (Lipinski definition) is 4. The number of aromatic nitrogens is 3. The predicted octanol–water partition coefficient (Wildman–Crippen LogP) is 1.76. The number of hydrogen-bond donors (Lipinski definition) is 1. The Morgan fingerprint density at radius 2 is 2.28 bits per heavy atom. The molecule has 0 aromatic carbocycles. The van der Waals surface area contributed by atoms with Gasteiger partial charge in [-0.2, -0.15) is 0 Å². The van der Waals surface area contributed by atoms with Crippen LogP contribution in [-0.2, 0) is 17.8 Å². The van der Waals surface area contributed by atoms with Crippen LogP contribution in [0.25, 0.3) is 0 Å². The Kier molecular flexibility index (Phi) is 6.60. The zero-order chi connectivity index (χ0) is 13.4. The molecular weight excluding hydrogens is 228 g/mol. The highest BCUT2D eigenvalue weighted by Gasteiger charge is 2.01. The molecule has 1 aromatic rings. The third-order valence-electron chi connectivity index (χ3n) is 2.42. The van der Waals surface area contributed by atoms with Crippen molar-refractivity contribution in [2.45, 2.75) is 46.3 Å². The average Bonchev–Trinajstić information content (AvgIpc) is 2.73. The second-order valence-corrected chi connectivity index (χ2v) is 4.83. The molecule has 0 amide bonds. The van der Waals surface area contributed by atoms with Crippen molar-refractivity contribution in [2.24, 2.45) is 0 Å². The Balaban J connectivity index is 2.17. The fraction of sp³-hybridized carbons (Fsp3) is 0.692. The van der Waals surface area contributed by atoms with Gasteiger partial charge in [-0.3, -0.25) is 0 Å². The lowest BCUT2D eigenvalue weighted by Crippen LogP contribution is -2.21. The van der Waals surface area contributed by atoms with E-state index in [1.165, 1.54) is 0 Å². The third kappa shape index (κ3) is 6.51. The molecule has 5 heteroatoms. The number of nitrogens with zero attached hydrogens (tertiary/aromatic N) is 3. The summed E-state index contributed by atoms with van der Waals surface area (Å²) in [5, 5.41) is 11.5. The molecule has 1 heterocycles. The molecule has 1 aromatic heterocycles. The maximum atomic E-state index is 5.49. The van der Waals surface area contributed by atoms with Gasteiger partial charge in [-0.15, -0.1) is 11.7 Å². The van der Waals surface area contributed by atoms with Gasteiger partial charge in [-0.25, -0.2) is 4.68 Å². The fourth-order valence-corrected chi connectivity index (χ4v) is 1.34. The summed E-state index contributed by atoms with van der Waals surface area (Å²) in [6.07, 6.45) is 2.87. The van der Waals surface area contributed by atoms with E-state index in [1.54, 1.807) is 0 Å². The molecular formula is C13H24N4O. The summed E-state index contributed by atoms with van der Waals surface area (Å²) in [5.41, 5.74) is 2.11. The first-order valence-electron chi connectivity index (χ1n) is 6.42. The lowest BCUT2D eigenvalue weighted by atomic mass is 10.3. The van der Waals surface area contributed by atoms with E-state index in [9.17, 15) is 0 Å². The molecule has 0 unspecified atom stereocenters. The van der Waals surface area contributed by atoms with Crippen LogP contribution in [0.3, 0.4) is 0 Å². The average molecular weight is 252 g/mol. The smallest absolute Gasteiger partial charge is 0.0964 e. The van der Waals surface area contributed by atoms with E-state index in [2.05, 4.69) is 36.1 Å². The molecule has 0 radical (unpaired) electrons. The first-order valence-corrected chi connectivity index (χ1v) is 6.42. The van der Waals surface area contributed by atoms with Crippen LogP contribution in [0.1, 0.15) is 32.9 Å². The summed E-state index contributed by atoms with van der Waals surface area (Å²) < 4.78 is 7.31. The molecule has 0 aliphatic carbocycles. The van der Waals surface area contributed by atoms with E-state index in [-0.39, 0.29) is 0 Å². The summed E-state index contributed by atoms with van der Waals surface area (Å²) in [5.74, 6) is 0. The van der Waals surface area contributed by atoms with Crippen molar-refractivity contribution in [3.8, 4) is 0 Å². The van der Waals surface area contributed by atoms with Crippen molar-refractivity contribution >= 4 is 0 Å². The highest BCUT2D eigenvalue weighted by molar-refractivity contribution is 4.91. The Morgan fingerprint density at radius 1 is 1.50 bits per heavy atom. The molecule has 5 nitrogen and oxygen atoms in total. The van der Waals surface area contributed by atoms with Gasteiger partial charge >= 0.3 is 0 Å². The van der Waals surface area contributed by atoms with Gasteiger partial charge in [0.1, 0.15) is 0 Å². The van der Waals surface area contributed by atoms with Crippen molar-refractivity contribution in [3.63, 3.8) is 0 Å². The molecule has 0 bridgehead atoms. The van der Waals surface area contributed by atoms with E-state index >= 15 is 0 Å². The molecule has 0 spiro atoms. The van der Waals surface area contributed by atoms with Crippen molar-refractivity contribution in [3.05, 3.63) is 24.0 Å². The molecule has 0 fully saturated rings. The van der Waals surface area contributed by atoms with E-state index in [0.717, 1.165) is 37.4 Å². The zero-order valence-electron chi connectivity index (χ0n) is 11.6. The Hall–Kier alpha value is -1.20. The van der Waals surface area contributed by atoms with Crippen molar-refractivity contribution < 1.29 is 4.74 Å². The molecule has 0 atom stereocenters. The van der Waals surface area contributed by atoms with Crippen LogP contribution < -0.4 is 5.32 Å². The minimum absolute atomic E-state index is 0.459. The van der Waals surface area contributed by atoms with Crippen LogP contribution in [-0.4, -0.2) is 34.2 Å². The normalized spacial score (nSPS) is 11.1. The Bertz CT molecular complexity index is 360. The molecule has 1 N–H and O–H groups in total. The minimum Gasteiger partial charge on any atom is -0.379 e. The fourth-order valence-electron chi connectivity index (χ4n) is 1.34. The maximum absolute atomic E-state index is 5.49. The van der Waals surface area contributed by atoms with E-state index in [1.807, 2.05) is 17.8 Å². The van der Waals surface area contributed by atoms with Gasteiger partial charge in [0.05, 0.1) is 25.5 Å². The topological polar surface area (TPSA) is 52.0 Å². The second kappa shape index (κ2) is 8.00. The minimum atomic E-state index is 0.459. The van der Waals surface area contributed by atoms with Crippen LogP contribution in [0.4, 0.5) is 0 Å². The van der Waals surface area contributed by atoms with Gasteiger partial charge in [0, 0.05) is 18.8 Å². The van der Waals surface area contributed by atoms with Crippen LogP contribution in [0, 0.1) is 0 Å². The zero-order valence-corrected chi connectivity index (χ0v) is 11.6. The predicted molar refractivity (Wildman–Crippen MR) is 72.2 cm³/mol. The highest BCUT2D eigenvalue weighted by Crippen LogP contribution is 1.97. The summed E-state index contributed by atoms with van der Waals surface area (Å²) in [6, 6.07) is 0.459. The molecule has 1 rings (SSSR count). The largest absolute Gasteiger partial charge is 0.379 e. The van der Waals surface area contributed by atoms with E-state index in [0.29, 0.717) is 12.6 Å². The molecule has 0 saturated carbocycles. The maximum Gasteiger partial charge on any atom is 0.0964 e. The molecule has 0 aliphatic rings. The number of ether oxygens (including phenoxy) is 1. The number of rotatable bonds is 9. The summed E-state index contributed by atoms with van der Waals surface area (Å²) >= 11 is 0. The highest BCUT2D eigenvalue weighted by atomic mass is 16.5. The molecule has 0 saturated heterocycles. The molecule has 0 aliphatic heterocycles. The van der Waals surface area contributed by atoms with Crippen molar-refractivity contribution in [2.75, 3.05) is 13.2 Å². The summed E-state index contributed by atoms with van der Waals surface area (Å²) in [7, 11) is 0. The lowest BCUT2D eigenvalue weighted by molar-refractivity contribution is 0.126. The van der Waals surface area contributed by atoms with Crippen LogP contribution in [0.5, 0.6) is 0 Å². The summed E-state index contributed by atoms with van der Waals surface area (Å²) in [4.78, 5) is 0. The standard InChI is InChI=1S/C13H24N4O/c1-11(2)5-7-18-8-6-17-10-13(15-16-17)9-14-12(3)4/h10,12,14H,1,5-9H2,2-4H3. The van der Waals surface area contributed by atoms with Gasteiger partial charge in [-0.05, 0) is 13.3 Å². The van der Waals surface area contributed by atoms with Crippen LogP contribution in [0.15, 0.2) is 18.3 Å². The van der Waals surface area contributed by atoms with Crippen LogP contribution >= 0.6 is 0 Å². The first kappa shape index (κ1) is 14.9. The molecule has 18 heavy (non-hydrogen) atoms. The summed E-state index contributed by atoms with van der Waals surface area (Å²) in [6.45, 7) is 13.0. The van der Waals surface area contributed by atoms with Gasteiger partial charge < -0.3 is 10.1 Å². The van der Waals surface area contributed by atoms with Crippen molar-refractivity contribution in [1.82, 2.24) is 20.3 Å². The lowest BCUT2D eigenvalue weighted by Gasteiger charge is -2.04. The monoisotopic (exact) mass is 252 g/mol. The quantitative estimate of drug-likeness (QED) is 0.537. The molecule has 102 valence electrons. The van der Waals surface area contributed by atoms with Gasteiger partial charge in [0.2, 0.25) is 0 Å². The SMILES string of the molecule is C=C(C)CCOCCn1cc(CNC(C)C)nn1. The van der Waals surface area contributed by atoms with E-state index < -0.39 is 0 Å². The Morgan fingerprint density at radius 3 is 2.94 bits per heavy atom. The van der Waals surface area contributed by atoms with Crippen molar-refractivity contribution in [1.29, 1.82) is 0 Å². The number of nitrogens with one attached hydrogen (secondary N) is 1. The van der Waals surface area contributed by atoms with Crippen LogP contribution in [0.2, 0.25) is 0 Å². The second-order valence-electron chi connectivity index (χ2n) is 4.83. The van der Waals surface area contributed by atoms with Gasteiger partial charge in [0.25, 0.3) is 0 Å². The Labute approximate surface area is 109 Å². The first-order chi connectivity index (χ1) is 8.58.